The van der Waals surface area contributed by atoms with Gasteiger partial charge in [0, 0.05) is 11.4 Å². The lowest BCUT2D eigenvalue weighted by Crippen LogP contribution is -2.40. The monoisotopic (exact) mass is 281 g/mol. The van der Waals surface area contributed by atoms with Crippen LogP contribution in [0.4, 0.5) is 0 Å². The van der Waals surface area contributed by atoms with Crippen LogP contribution < -0.4 is 4.74 Å². The van der Waals surface area contributed by atoms with Crippen molar-refractivity contribution in [3.8, 4) is 11.9 Å². The van der Waals surface area contributed by atoms with E-state index in [1.165, 1.54) is 12.8 Å². The Hall–Kier alpha value is -2.12. The number of likely N-dealkylation sites (tertiary alicyclic amines) is 1. The second kappa shape index (κ2) is 6.11. The third kappa shape index (κ3) is 2.98. The number of nitriles is 1. The van der Waals surface area contributed by atoms with Crippen molar-refractivity contribution in [2.24, 2.45) is 0 Å². The summed E-state index contributed by atoms with van der Waals surface area (Å²) in [4.78, 5) is 6.82. The fourth-order valence-corrected chi connectivity index (χ4v) is 2.82. The number of likely N-dealkylation sites (N-methyl/N-ethyl adjacent to an activating group) is 1. The van der Waals surface area contributed by atoms with Gasteiger partial charge in [0.1, 0.15) is 18.2 Å². The van der Waals surface area contributed by atoms with Crippen LogP contribution in [0.1, 0.15) is 24.8 Å². The van der Waals surface area contributed by atoms with Crippen molar-refractivity contribution in [3.05, 3.63) is 35.9 Å². The molecule has 0 radical (unpaired) electrons. The lowest BCUT2D eigenvalue weighted by molar-refractivity contribution is 0.122. The lowest BCUT2D eigenvalue weighted by Gasteiger charge is -2.32. The molecule has 2 heterocycles. The van der Waals surface area contributed by atoms with Crippen LogP contribution in [0.3, 0.4) is 0 Å². The first-order valence-corrected chi connectivity index (χ1v) is 7.41. The summed E-state index contributed by atoms with van der Waals surface area (Å²) in [6.07, 6.45) is 3.64. The number of hydrogen-bond acceptors (Lipinski definition) is 4. The first-order chi connectivity index (χ1) is 10.3. The Morgan fingerprint density at radius 1 is 1.38 bits per heavy atom. The van der Waals surface area contributed by atoms with E-state index in [1.54, 1.807) is 0 Å². The molecule has 0 saturated carbocycles. The Balaban J connectivity index is 1.81. The maximum absolute atomic E-state index is 9.29. The number of para-hydroxylation sites is 1. The van der Waals surface area contributed by atoms with Gasteiger partial charge in [-0.1, -0.05) is 24.6 Å². The number of ether oxygens (including phenoxy) is 1. The molecule has 4 nitrogen and oxygen atoms in total. The molecule has 1 aliphatic rings. The molecule has 1 aromatic heterocycles. The molecular formula is C17H19N3O. The van der Waals surface area contributed by atoms with Gasteiger partial charge in [-0.15, -0.1) is 0 Å². The summed E-state index contributed by atoms with van der Waals surface area (Å²) < 4.78 is 5.87. The highest BCUT2D eigenvalue weighted by molar-refractivity contribution is 5.80. The molecule has 1 aromatic carbocycles. The third-order valence-electron chi connectivity index (χ3n) is 4.14. The lowest BCUT2D eigenvalue weighted by atomic mass is 10.0. The van der Waals surface area contributed by atoms with Crippen molar-refractivity contribution < 1.29 is 4.74 Å². The molecule has 4 heteroatoms. The van der Waals surface area contributed by atoms with Gasteiger partial charge < -0.3 is 9.64 Å². The standard InChI is InChI=1S/C17H19N3O/c1-20-9-5-4-7-15(20)12-21-17-14(11-18)10-13-6-2-3-8-16(13)19-17/h2-3,6,8,10,15H,4-5,7,9,12H2,1H3. The van der Waals surface area contributed by atoms with E-state index in [4.69, 9.17) is 4.74 Å². The summed E-state index contributed by atoms with van der Waals surface area (Å²) in [6.45, 7) is 1.71. The van der Waals surface area contributed by atoms with E-state index in [0.717, 1.165) is 23.9 Å². The fourth-order valence-electron chi connectivity index (χ4n) is 2.82. The smallest absolute Gasteiger partial charge is 0.232 e. The van der Waals surface area contributed by atoms with Crippen molar-refractivity contribution in [1.29, 1.82) is 5.26 Å². The van der Waals surface area contributed by atoms with Crippen LogP contribution >= 0.6 is 0 Å². The molecule has 1 unspecified atom stereocenters. The number of hydrogen-bond donors (Lipinski definition) is 0. The van der Waals surface area contributed by atoms with Gasteiger partial charge in [-0.3, -0.25) is 0 Å². The summed E-state index contributed by atoms with van der Waals surface area (Å²) in [5, 5.41) is 10.3. The predicted octanol–water partition coefficient (Wildman–Crippen LogP) is 2.97. The van der Waals surface area contributed by atoms with Crippen molar-refractivity contribution in [1.82, 2.24) is 9.88 Å². The molecule has 0 bridgehead atoms. The van der Waals surface area contributed by atoms with Crippen molar-refractivity contribution in [2.45, 2.75) is 25.3 Å². The van der Waals surface area contributed by atoms with Gasteiger partial charge >= 0.3 is 0 Å². The summed E-state index contributed by atoms with van der Waals surface area (Å²) in [5.74, 6) is 0.454. The second-order valence-electron chi connectivity index (χ2n) is 5.59. The number of nitrogens with zero attached hydrogens (tertiary/aromatic N) is 3. The van der Waals surface area contributed by atoms with E-state index in [-0.39, 0.29) is 0 Å². The minimum absolute atomic E-state index is 0.415. The van der Waals surface area contributed by atoms with Crippen LogP contribution in [0, 0.1) is 11.3 Å². The zero-order chi connectivity index (χ0) is 14.7. The first-order valence-electron chi connectivity index (χ1n) is 7.41. The SMILES string of the molecule is CN1CCCCC1COc1nc2ccccc2cc1C#N. The van der Waals surface area contributed by atoms with Crippen LogP contribution in [0.15, 0.2) is 30.3 Å². The highest BCUT2D eigenvalue weighted by atomic mass is 16.5. The van der Waals surface area contributed by atoms with E-state index in [1.807, 2.05) is 30.3 Å². The largest absolute Gasteiger partial charge is 0.475 e. The average molecular weight is 281 g/mol. The molecule has 0 amide bonds. The Morgan fingerprint density at radius 3 is 3.05 bits per heavy atom. The topological polar surface area (TPSA) is 49.1 Å². The first kappa shape index (κ1) is 13.8. The Labute approximate surface area is 125 Å². The van der Waals surface area contributed by atoms with Crippen LogP contribution in [0.5, 0.6) is 5.88 Å². The number of benzene rings is 1. The Morgan fingerprint density at radius 2 is 2.24 bits per heavy atom. The number of fused-ring (bicyclic) bond motifs is 1. The molecule has 1 aliphatic heterocycles. The van der Waals surface area contributed by atoms with Gasteiger partial charge in [0.2, 0.25) is 5.88 Å². The summed E-state index contributed by atoms with van der Waals surface area (Å²) >= 11 is 0. The maximum atomic E-state index is 9.29. The van der Waals surface area contributed by atoms with Gasteiger partial charge in [-0.05, 0) is 38.6 Å². The molecule has 0 aliphatic carbocycles. The van der Waals surface area contributed by atoms with E-state index in [0.29, 0.717) is 24.1 Å². The molecule has 1 atom stereocenters. The normalized spacial score (nSPS) is 19.3. The summed E-state index contributed by atoms with van der Waals surface area (Å²) in [6, 6.07) is 12.2. The Bertz CT molecular complexity index is 677. The van der Waals surface area contributed by atoms with E-state index in [9.17, 15) is 5.26 Å². The molecule has 0 N–H and O–H groups in total. The fraction of sp³-hybridized carbons (Fsp3) is 0.412. The second-order valence-corrected chi connectivity index (χ2v) is 5.59. The Kier molecular flexibility index (Phi) is 4.03. The van der Waals surface area contributed by atoms with E-state index < -0.39 is 0 Å². The van der Waals surface area contributed by atoms with E-state index in [2.05, 4.69) is 23.0 Å². The average Bonchev–Trinajstić information content (AvgIpc) is 2.53. The van der Waals surface area contributed by atoms with Gasteiger partial charge in [0.25, 0.3) is 0 Å². The number of rotatable bonds is 3. The molecule has 2 aromatic rings. The summed E-state index contributed by atoms with van der Waals surface area (Å²) in [7, 11) is 2.13. The molecule has 1 saturated heterocycles. The molecular weight excluding hydrogens is 262 g/mol. The third-order valence-corrected chi connectivity index (χ3v) is 4.14. The van der Waals surface area contributed by atoms with Gasteiger partial charge in [-0.2, -0.15) is 5.26 Å². The van der Waals surface area contributed by atoms with E-state index >= 15 is 0 Å². The van der Waals surface area contributed by atoms with Crippen molar-refractivity contribution in [3.63, 3.8) is 0 Å². The molecule has 3 rings (SSSR count). The minimum Gasteiger partial charge on any atom is -0.475 e. The molecule has 1 fully saturated rings. The predicted molar refractivity (Wildman–Crippen MR) is 82.2 cm³/mol. The minimum atomic E-state index is 0.415. The maximum Gasteiger partial charge on any atom is 0.232 e. The quantitative estimate of drug-likeness (QED) is 0.868. The van der Waals surface area contributed by atoms with Crippen LogP contribution in [-0.2, 0) is 0 Å². The zero-order valence-corrected chi connectivity index (χ0v) is 12.2. The zero-order valence-electron chi connectivity index (χ0n) is 12.2. The van der Waals surface area contributed by atoms with Gasteiger partial charge in [-0.25, -0.2) is 4.98 Å². The number of pyridine rings is 1. The van der Waals surface area contributed by atoms with Crippen molar-refractivity contribution >= 4 is 10.9 Å². The van der Waals surface area contributed by atoms with Gasteiger partial charge in [0.15, 0.2) is 0 Å². The van der Waals surface area contributed by atoms with Gasteiger partial charge in [0.05, 0.1) is 5.52 Å². The number of aromatic nitrogens is 1. The highest BCUT2D eigenvalue weighted by Crippen LogP contribution is 2.23. The molecule has 108 valence electrons. The number of piperidine rings is 1. The molecule has 0 spiro atoms. The van der Waals surface area contributed by atoms with Crippen LogP contribution in [0.25, 0.3) is 10.9 Å². The van der Waals surface area contributed by atoms with Crippen LogP contribution in [0.2, 0.25) is 0 Å². The van der Waals surface area contributed by atoms with Crippen molar-refractivity contribution in [2.75, 3.05) is 20.2 Å². The highest BCUT2D eigenvalue weighted by Gasteiger charge is 2.20. The van der Waals surface area contributed by atoms with Crippen LogP contribution in [-0.4, -0.2) is 36.1 Å². The summed E-state index contributed by atoms with van der Waals surface area (Å²) in [5.41, 5.74) is 1.37. The molecule has 21 heavy (non-hydrogen) atoms.